The minimum Gasteiger partial charge on any atom is -0.355 e. The number of nitrogens with zero attached hydrogens (tertiary/aromatic N) is 2. The van der Waals surface area contributed by atoms with Gasteiger partial charge in [-0.3, -0.25) is 14.5 Å². The number of likely N-dealkylation sites (tertiary alicyclic amines) is 1. The molecular weight excluding hydrogens is 348 g/mol. The zero-order chi connectivity index (χ0) is 18.5. The number of aryl methyl sites for hydroxylation is 1. The van der Waals surface area contributed by atoms with Crippen LogP contribution in [-0.2, 0) is 11.3 Å². The summed E-state index contributed by atoms with van der Waals surface area (Å²) < 4.78 is 0. The van der Waals surface area contributed by atoms with Crippen LogP contribution in [0.1, 0.15) is 34.4 Å². The minimum atomic E-state index is -0.238. The number of hydrogen-bond donors (Lipinski definition) is 2. The van der Waals surface area contributed by atoms with E-state index < -0.39 is 0 Å². The average molecular weight is 372 g/mol. The molecule has 2 heterocycles. The van der Waals surface area contributed by atoms with Gasteiger partial charge in [-0.05, 0) is 25.8 Å². The lowest BCUT2D eigenvalue weighted by Crippen LogP contribution is -2.42. The maximum atomic E-state index is 12.5. The van der Waals surface area contributed by atoms with Gasteiger partial charge in [0.25, 0.3) is 5.91 Å². The van der Waals surface area contributed by atoms with Gasteiger partial charge in [0.2, 0.25) is 5.91 Å². The fraction of sp³-hybridized carbons (Fsp3) is 0.421. The molecule has 0 aliphatic carbocycles. The number of likely N-dealkylation sites (N-methyl/N-ethyl adjacent to an activating group) is 1. The summed E-state index contributed by atoms with van der Waals surface area (Å²) in [6.45, 7) is 5.72. The van der Waals surface area contributed by atoms with Crippen LogP contribution in [0.15, 0.2) is 35.7 Å². The number of nitrogens with one attached hydrogen (secondary N) is 2. The van der Waals surface area contributed by atoms with Gasteiger partial charge in [-0.25, -0.2) is 4.98 Å². The van der Waals surface area contributed by atoms with Crippen LogP contribution in [0.2, 0.25) is 0 Å². The van der Waals surface area contributed by atoms with Crippen molar-refractivity contribution in [3.63, 3.8) is 0 Å². The number of amides is 2. The predicted octanol–water partition coefficient (Wildman–Crippen LogP) is 1.96. The second-order valence-corrected chi connectivity index (χ2v) is 7.55. The van der Waals surface area contributed by atoms with Gasteiger partial charge in [0, 0.05) is 31.1 Å². The molecule has 2 atom stereocenters. The number of rotatable bonds is 6. The molecule has 138 valence electrons. The number of benzene rings is 1. The normalized spacial score (nSPS) is 20.1. The van der Waals surface area contributed by atoms with E-state index in [0.29, 0.717) is 31.7 Å². The van der Waals surface area contributed by atoms with Crippen LogP contribution in [-0.4, -0.2) is 46.9 Å². The Balaban J connectivity index is 1.68. The van der Waals surface area contributed by atoms with Crippen molar-refractivity contribution in [2.45, 2.75) is 38.9 Å². The van der Waals surface area contributed by atoms with E-state index in [1.807, 2.05) is 32.0 Å². The van der Waals surface area contributed by atoms with Gasteiger partial charge in [-0.1, -0.05) is 30.3 Å². The molecule has 2 aromatic rings. The smallest absolute Gasteiger partial charge is 0.271 e. The summed E-state index contributed by atoms with van der Waals surface area (Å²) in [6, 6.07) is 9.77. The number of hydrogen-bond acceptors (Lipinski definition) is 5. The second-order valence-electron chi connectivity index (χ2n) is 6.48. The monoisotopic (exact) mass is 372 g/mol. The highest BCUT2D eigenvalue weighted by molar-refractivity contribution is 7.09. The van der Waals surface area contributed by atoms with Crippen LogP contribution in [0.25, 0.3) is 0 Å². The lowest BCUT2D eigenvalue weighted by molar-refractivity contribution is -0.125. The number of thiazole rings is 1. The van der Waals surface area contributed by atoms with Crippen LogP contribution in [0.3, 0.4) is 0 Å². The molecule has 0 radical (unpaired) electrons. The first-order valence-corrected chi connectivity index (χ1v) is 9.73. The summed E-state index contributed by atoms with van der Waals surface area (Å²) in [5.74, 6) is -0.153. The largest absolute Gasteiger partial charge is 0.355 e. The Morgan fingerprint density at radius 1 is 1.31 bits per heavy atom. The molecule has 1 aromatic heterocycles. The Kier molecular flexibility index (Phi) is 6.00. The molecule has 7 heteroatoms. The third-order valence-corrected chi connectivity index (χ3v) is 5.25. The Labute approximate surface area is 157 Å². The summed E-state index contributed by atoms with van der Waals surface area (Å²) in [6.07, 6.45) is 0.605. The van der Waals surface area contributed by atoms with E-state index in [1.165, 1.54) is 11.3 Å². The average Bonchev–Trinajstić information content (AvgIpc) is 3.22. The van der Waals surface area contributed by atoms with E-state index in [4.69, 9.17) is 0 Å². The molecule has 0 spiro atoms. The van der Waals surface area contributed by atoms with Crippen molar-refractivity contribution in [3.8, 4) is 0 Å². The van der Waals surface area contributed by atoms with Gasteiger partial charge in [-0.15, -0.1) is 11.3 Å². The van der Waals surface area contributed by atoms with E-state index >= 15 is 0 Å². The first kappa shape index (κ1) is 18.5. The van der Waals surface area contributed by atoms with Crippen molar-refractivity contribution in [1.29, 1.82) is 0 Å². The first-order valence-electron chi connectivity index (χ1n) is 8.85. The summed E-state index contributed by atoms with van der Waals surface area (Å²) in [4.78, 5) is 31.2. The number of carbonyl (C=O) groups is 2. The van der Waals surface area contributed by atoms with E-state index in [0.717, 1.165) is 10.6 Å². The summed E-state index contributed by atoms with van der Waals surface area (Å²) in [5, 5.41) is 8.58. The fourth-order valence-corrected chi connectivity index (χ4v) is 3.89. The maximum absolute atomic E-state index is 12.5. The molecule has 2 N–H and O–H groups in total. The fourth-order valence-electron chi connectivity index (χ4n) is 3.29. The van der Waals surface area contributed by atoms with Gasteiger partial charge in [0.15, 0.2) is 0 Å². The molecule has 0 saturated carbocycles. The molecule has 6 nitrogen and oxygen atoms in total. The number of carbonyl (C=O) groups excluding carboxylic acids is 2. The molecular formula is C19H24N4O2S. The van der Waals surface area contributed by atoms with Crippen molar-refractivity contribution in [1.82, 2.24) is 20.5 Å². The van der Waals surface area contributed by atoms with Crippen LogP contribution in [0.5, 0.6) is 0 Å². The molecule has 26 heavy (non-hydrogen) atoms. The summed E-state index contributed by atoms with van der Waals surface area (Å²) in [7, 11) is 0. The Hall–Kier alpha value is -2.25. The van der Waals surface area contributed by atoms with E-state index in [-0.39, 0.29) is 23.9 Å². The third-order valence-electron chi connectivity index (χ3n) is 4.47. The van der Waals surface area contributed by atoms with Crippen LogP contribution >= 0.6 is 11.3 Å². The van der Waals surface area contributed by atoms with Crippen LogP contribution in [0.4, 0.5) is 0 Å². The molecule has 0 unspecified atom stereocenters. The van der Waals surface area contributed by atoms with Crippen LogP contribution in [0, 0.1) is 6.92 Å². The van der Waals surface area contributed by atoms with Crippen molar-refractivity contribution in [3.05, 3.63) is 52.0 Å². The zero-order valence-corrected chi connectivity index (χ0v) is 15.9. The molecule has 1 aromatic carbocycles. The van der Waals surface area contributed by atoms with Gasteiger partial charge >= 0.3 is 0 Å². The lowest BCUT2D eigenvalue weighted by Gasteiger charge is -2.23. The first-order chi connectivity index (χ1) is 12.6. The molecule has 1 saturated heterocycles. The van der Waals surface area contributed by atoms with Gasteiger partial charge in [0.05, 0.1) is 11.0 Å². The van der Waals surface area contributed by atoms with E-state index in [1.54, 1.807) is 5.38 Å². The van der Waals surface area contributed by atoms with E-state index in [9.17, 15) is 9.59 Å². The van der Waals surface area contributed by atoms with Crippen LogP contribution < -0.4 is 10.6 Å². The topological polar surface area (TPSA) is 74.3 Å². The van der Waals surface area contributed by atoms with Gasteiger partial charge in [-0.2, -0.15) is 0 Å². The molecule has 3 rings (SSSR count). The Morgan fingerprint density at radius 3 is 2.73 bits per heavy atom. The SMILES string of the molecule is CCNC(=O)[C@@H]1C[C@@H](NC(=O)c2csc(C)n2)CN1Cc1ccccc1. The third kappa shape index (κ3) is 4.47. The molecule has 1 aliphatic heterocycles. The van der Waals surface area contributed by atoms with Crippen molar-refractivity contribution >= 4 is 23.2 Å². The molecule has 2 amide bonds. The van der Waals surface area contributed by atoms with Gasteiger partial charge < -0.3 is 10.6 Å². The summed E-state index contributed by atoms with van der Waals surface area (Å²) in [5.41, 5.74) is 1.60. The summed E-state index contributed by atoms with van der Waals surface area (Å²) >= 11 is 1.46. The molecule has 0 bridgehead atoms. The maximum Gasteiger partial charge on any atom is 0.271 e. The lowest BCUT2D eigenvalue weighted by atomic mass is 10.1. The standard InChI is InChI=1S/C19H24N4O2S/c1-3-20-19(25)17-9-15(22-18(24)16-12-26-13(2)21-16)11-23(17)10-14-7-5-4-6-8-14/h4-8,12,15,17H,3,9-11H2,1-2H3,(H,20,25)(H,22,24)/t15-,17+/m1/s1. The van der Waals surface area contributed by atoms with E-state index in [2.05, 4.69) is 32.7 Å². The van der Waals surface area contributed by atoms with Crippen molar-refractivity contribution < 1.29 is 9.59 Å². The second kappa shape index (κ2) is 8.42. The van der Waals surface area contributed by atoms with Crippen molar-refractivity contribution in [2.24, 2.45) is 0 Å². The van der Waals surface area contributed by atoms with Crippen molar-refractivity contribution in [2.75, 3.05) is 13.1 Å². The predicted molar refractivity (Wildman–Crippen MR) is 102 cm³/mol. The zero-order valence-electron chi connectivity index (χ0n) is 15.1. The highest BCUT2D eigenvalue weighted by atomic mass is 32.1. The number of aromatic nitrogens is 1. The molecule has 1 aliphatic rings. The quantitative estimate of drug-likeness (QED) is 0.813. The minimum absolute atomic E-state index is 0.0182. The highest BCUT2D eigenvalue weighted by Crippen LogP contribution is 2.21. The highest BCUT2D eigenvalue weighted by Gasteiger charge is 2.37. The molecule has 1 fully saturated rings. The Morgan fingerprint density at radius 2 is 2.08 bits per heavy atom. The van der Waals surface area contributed by atoms with Gasteiger partial charge in [0.1, 0.15) is 5.69 Å². The Bertz CT molecular complexity index is 762.